The molecule has 1 nitrogen and oxygen atoms in total. The van der Waals surface area contributed by atoms with Crippen molar-refractivity contribution >= 4 is 5.78 Å². The molecule has 0 saturated heterocycles. The molecule has 4 aliphatic rings. The standard InChI is InChI=1S/C28H46O/c1-18(2)19(3)7-8-20(4)24-11-12-25-23-10-9-21-17-22(29)13-15-27(21,5)26(23)14-16-28(24,25)6/h7-8,18-21,23-26H,9-17H2,1-6H3/b8-7+/t19-,20+,21-,23-,24-,25+,26+,27-,28+/m0/s1. The number of allylic oxidation sites excluding steroid dienone is 2. The van der Waals surface area contributed by atoms with Crippen LogP contribution >= 0.6 is 0 Å². The summed E-state index contributed by atoms with van der Waals surface area (Å²) in [5.74, 6) is 6.97. The first kappa shape index (κ1) is 21.6. The normalized spacial score (nSPS) is 47.0. The zero-order chi connectivity index (χ0) is 21.0. The lowest BCUT2D eigenvalue weighted by atomic mass is 9.44. The molecular formula is C28H46O. The zero-order valence-corrected chi connectivity index (χ0v) is 20.0. The fourth-order valence-electron chi connectivity index (χ4n) is 8.66. The van der Waals surface area contributed by atoms with Crippen molar-refractivity contribution < 1.29 is 4.79 Å². The lowest BCUT2D eigenvalue weighted by Crippen LogP contribution is -2.53. The van der Waals surface area contributed by atoms with Gasteiger partial charge in [0.15, 0.2) is 0 Å². The number of carbonyl (C=O) groups excluding carboxylic acids is 1. The molecule has 0 aromatic carbocycles. The van der Waals surface area contributed by atoms with E-state index in [-0.39, 0.29) is 0 Å². The highest BCUT2D eigenvalue weighted by molar-refractivity contribution is 5.79. The number of carbonyl (C=O) groups is 1. The molecule has 0 aliphatic heterocycles. The number of rotatable bonds is 4. The van der Waals surface area contributed by atoms with Crippen molar-refractivity contribution in [3.63, 3.8) is 0 Å². The molecule has 0 bridgehead atoms. The van der Waals surface area contributed by atoms with Gasteiger partial charge in [-0.2, -0.15) is 0 Å². The first-order valence-electron chi connectivity index (χ1n) is 12.9. The fourth-order valence-corrected chi connectivity index (χ4v) is 8.66. The van der Waals surface area contributed by atoms with Gasteiger partial charge in [0.05, 0.1) is 0 Å². The predicted molar refractivity (Wildman–Crippen MR) is 123 cm³/mol. The van der Waals surface area contributed by atoms with E-state index in [1.165, 1.54) is 44.9 Å². The van der Waals surface area contributed by atoms with E-state index >= 15 is 0 Å². The molecule has 9 atom stereocenters. The van der Waals surface area contributed by atoms with Crippen LogP contribution in [-0.2, 0) is 4.79 Å². The molecule has 1 heteroatoms. The highest BCUT2D eigenvalue weighted by Crippen LogP contribution is 2.68. The van der Waals surface area contributed by atoms with Crippen LogP contribution < -0.4 is 0 Å². The van der Waals surface area contributed by atoms with Gasteiger partial charge in [-0.15, -0.1) is 0 Å². The minimum Gasteiger partial charge on any atom is -0.300 e. The Bertz CT molecular complexity index is 647. The summed E-state index contributed by atoms with van der Waals surface area (Å²) < 4.78 is 0. The van der Waals surface area contributed by atoms with Crippen LogP contribution in [0.1, 0.15) is 99.3 Å². The molecule has 0 spiro atoms. The highest BCUT2D eigenvalue weighted by Gasteiger charge is 2.60. The quantitative estimate of drug-likeness (QED) is 0.443. The molecule has 0 amide bonds. The average Bonchev–Trinajstić information content (AvgIpc) is 3.03. The van der Waals surface area contributed by atoms with E-state index in [9.17, 15) is 4.79 Å². The fraction of sp³-hybridized carbons (Fsp3) is 0.893. The van der Waals surface area contributed by atoms with Gasteiger partial charge >= 0.3 is 0 Å². The minimum absolute atomic E-state index is 0.453. The van der Waals surface area contributed by atoms with Crippen LogP contribution in [0.3, 0.4) is 0 Å². The third-order valence-corrected chi connectivity index (χ3v) is 11.0. The maximum absolute atomic E-state index is 12.1. The first-order chi connectivity index (χ1) is 13.7. The largest absolute Gasteiger partial charge is 0.300 e. The molecule has 4 saturated carbocycles. The summed E-state index contributed by atoms with van der Waals surface area (Å²) in [4.78, 5) is 12.1. The summed E-state index contributed by atoms with van der Waals surface area (Å²) in [5, 5.41) is 0. The van der Waals surface area contributed by atoms with Crippen LogP contribution in [-0.4, -0.2) is 5.78 Å². The Morgan fingerprint density at radius 1 is 0.862 bits per heavy atom. The molecule has 4 fully saturated rings. The van der Waals surface area contributed by atoms with Gasteiger partial charge in [-0.1, -0.05) is 53.7 Å². The molecule has 0 N–H and O–H groups in total. The second kappa shape index (κ2) is 7.83. The van der Waals surface area contributed by atoms with Crippen molar-refractivity contribution in [3.8, 4) is 0 Å². The molecule has 0 unspecified atom stereocenters. The Morgan fingerprint density at radius 3 is 2.31 bits per heavy atom. The monoisotopic (exact) mass is 398 g/mol. The van der Waals surface area contributed by atoms with Crippen LogP contribution in [0.2, 0.25) is 0 Å². The molecule has 0 aromatic rings. The average molecular weight is 399 g/mol. The van der Waals surface area contributed by atoms with E-state index in [2.05, 4.69) is 53.7 Å². The summed E-state index contributed by atoms with van der Waals surface area (Å²) in [6, 6.07) is 0. The maximum atomic E-state index is 12.1. The van der Waals surface area contributed by atoms with Gasteiger partial charge in [-0.3, -0.25) is 4.79 Å². The van der Waals surface area contributed by atoms with Crippen molar-refractivity contribution in [2.24, 2.45) is 58.2 Å². The van der Waals surface area contributed by atoms with E-state index in [1.807, 2.05) is 0 Å². The Labute approximate surface area is 180 Å². The summed E-state index contributed by atoms with van der Waals surface area (Å²) in [6.45, 7) is 14.8. The van der Waals surface area contributed by atoms with Crippen molar-refractivity contribution in [2.75, 3.05) is 0 Å². The van der Waals surface area contributed by atoms with Crippen molar-refractivity contribution in [3.05, 3.63) is 12.2 Å². The lowest BCUT2D eigenvalue weighted by molar-refractivity contribution is -0.140. The summed E-state index contributed by atoms with van der Waals surface area (Å²) in [6.07, 6.45) is 16.5. The van der Waals surface area contributed by atoms with Crippen LogP contribution in [0.5, 0.6) is 0 Å². The van der Waals surface area contributed by atoms with E-state index in [1.54, 1.807) is 0 Å². The van der Waals surface area contributed by atoms with E-state index in [0.29, 0.717) is 34.4 Å². The first-order valence-corrected chi connectivity index (χ1v) is 12.9. The second-order valence-corrected chi connectivity index (χ2v) is 12.5. The van der Waals surface area contributed by atoms with Gasteiger partial charge in [0.2, 0.25) is 0 Å². The molecule has 4 rings (SSSR count). The SMILES string of the molecule is CC(C)[C@@H](C)/C=C/[C@@H](C)[C@@H]1CC[C@@H]2[C@@H]3CC[C@H]4CC(=O)CC[C@]4(C)[C@@H]3CC[C@@]21C. The van der Waals surface area contributed by atoms with E-state index in [4.69, 9.17) is 0 Å². The maximum Gasteiger partial charge on any atom is 0.133 e. The Hall–Kier alpha value is -0.590. The Balaban J connectivity index is 1.51. The number of fused-ring (bicyclic) bond motifs is 5. The van der Waals surface area contributed by atoms with Crippen LogP contribution in [0.15, 0.2) is 12.2 Å². The third-order valence-electron chi connectivity index (χ3n) is 11.0. The van der Waals surface area contributed by atoms with Gasteiger partial charge in [-0.25, -0.2) is 0 Å². The van der Waals surface area contributed by atoms with E-state index in [0.717, 1.165) is 42.4 Å². The van der Waals surface area contributed by atoms with Gasteiger partial charge in [-0.05, 0) is 103 Å². The van der Waals surface area contributed by atoms with Crippen LogP contribution in [0, 0.1) is 58.2 Å². The summed E-state index contributed by atoms with van der Waals surface area (Å²) in [7, 11) is 0. The molecular weight excluding hydrogens is 352 g/mol. The van der Waals surface area contributed by atoms with Crippen molar-refractivity contribution in [2.45, 2.75) is 99.3 Å². The topological polar surface area (TPSA) is 17.1 Å². The van der Waals surface area contributed by atoms with Crippen LogP contribution in [0.25, 0.3) is 0 Å². The number of Topliss-reactive ketones (excluding diaryl/α,β-unsaturated/α-hetero) is 1. The number of ketones is 1. The van der Waals surface area contributed by atoms with Gasteiger partial charge in [0.25, 0.3) is 0 Å². The van der Waals surface area contributed by atoms with Gasteiger partial charge < -0.3 is 0 Å². The van der Waals surface area contributed by atoms with Crippen molar-refractivity contribution in [1.82, 2.24) is 0 Å². The lowest BCUT2D eigenvalue weighted by Gasteiger charge is -2.60. The molecule has 29 heavy (non-hydrogen) atoms. The number of hydrogen-bond acceptors (Lipinski definition) is 1. The second-order valence-electron chi connectivity index (χ2n) is 12.5. The minimum atomic E-state index is 0.453. The summed E-state index contributed by atoms with van der Waals surface area (Å²) >= 11 is 0. The summed E-state index contributed by atoms with van der Waals surface area (Å²) in [5.41, 5.74) is 0.994. The number of hydrogen-bond donors (Lipinski definition) is 0. The van der Waals surface area contributed by atoms with E-state index < -0.39 is 0 Å². The molecule has 0 radical (unpaired) electrons. The molecule has 0 heterocycles. The van der Waals surface area contributed by atoms with Gasteiger partial charge in [0.1, 0.15) is 5.78 Å². The van der Waals surface area contributed by atoms with Crippen molar-refractivity contribution in [1.29, 1.82) is 0 Å². The molecule has 0 aromatic heterocycles. The smallest absolute Gasteiger partial charge is 0.133 e. The van der Waals surface area contributed by atoms with Crippen LogP contribution in [0.4, 0.5) is 0 Å². The zero-order valence-electron chi connectivity index (χ0n) is 20.0. The highest BCUT2D eigenvalue weighted by atomic mass is 16.1. The predicted octanol–water partition coefficient (Wildman–Crippen LogP) is 7.70. The Kier molecular flexibility index (Phi) is 5.84. The molecule has 164 valence electrons. The Morgan fingerprint density at radius 2 is 1.59 bits per heavy atom. The molecule has 4 aliphatic carbocycles. The van der Waals surface area contributed by atoms with Gasteiger partial charge in [0, 0.05) is 12.8 Å². The third kappa shape index (κ3) is 3.57.